The highest BCUT2D eigenvalue weighted by Crippen LogP contribution is 2.27. The lowest BCUT2D eigenvalue weighted by atomic mass is 9.91. The van der Waals surface area contributed by atoms with Crippen LogP contribution in [0.3, 0.4) is 0 Å². The molecule has 3 heterocycles. The second-order valence-electron chi connectivity index (χ2n) is 9.93. The minimum absolute atomic E-state index is 0.0758. The van der Waals surface area contributed by atoms with E-state index >= 15 is 0 Å². The van der Waals surface area contributed by atoms with Crippen LogP contribution in [0.25, 0.3) is 0 Å². The van der Waals surface area contributed by atoms with Crippen LogP contribution in [0.4, 0.5) is 0 Å². The van der Waals surface area contributed by atoms with E-state index in [1.54, 1.807) is 0 Å². The van der Waals surface area contributed by atoms with Crippen molar-refractivity contribution in [1.29, 1.82) is 0 Å². The predicted octanol–water partition coefficient (Wildman–Crippen LogP) is 2.92. The highest BCUT2D eigenvalue weighted by atomic mass is 16.2. The Balaban J connectivity index is 1.01. The third kappa shape index (κ3) is 5.29. The molecule has 3 aliphatic rings. The first kappa shape index (κ1) is 22.1. The summed E-state index contributed by atoms with van der Waals surface area (Å²) in [6.07, 6.45) is 7.54. The molecule has 2 aromatic rings. The van der Waals surface area contributed by atoms with E-state index in [-0.39, 0.29) is 17.9 Å². The molecule has 176 valence electrons. The third-order valence-electron chi connectivity index (χ3n) is 7.58. The van der Waals surface area contributed by atoms with Crippen molar-refractivity contribution in [2.24, 2.45) is 5.92 Å². The molecule has 7 heteroatoms. The van der Waals surface area contributed by atoms with E-state index in [9.17, 15) is 9.59 Å². The SMILES string of the molecule is O=C(CCC1CCN(C(=O)c2n[nH]c3c2CCC3)CC1)N[C@H]1CCN(Cc2ccccc2)C1. The zero-order chi connectivity index (χ0) is 22.6. The van der Waals surface area contributed by atoms with Crippen LogP contribution in [-0.2, 0) is 24.2 Å². The van der Waals surface area contributed by atoms with Crippen molar-refractivity contribution in [2.75, 3.05) is 26.2 Å². The van der Waals surface area contributed by atoms with Crippen molar-refractivity contribution < 1.29 is 9.59 Å². The van der Waals surface area contributed by atoms with Gasteiger partial charge in [0.25, 0.3) is 5.91 Å². The topological polar surface area (TPSA) is 81.3 Å². The molecule has 2 fully saturated rings. The third-order valence-corrected chi connectivity index (χ3v) is 7.58. The van der Waals surface area contributed by atoms with Crippen LogP contribution in [0.15, 0.2) is 30.3 Å². The van der Waals surface area contributed by atoms with E-state index in [1.807, 2.05) is 11.0 Å². The number of hydrogen-bond donors (Lipinski definition) is 2. The molecule has 0 radical (unpaired) electrons. The first-order valence-electron chi connectivity index (χ1n) is 12.6. The Morgan fingerprint density at radius 3 is 2.70 bits per heavy atom. The van der Waals surface area contributed by atoms with Crippen LogP contribution in [0.1, 0.15) is 65.8 Å². The molecule has 2 saturated heterocycles. The summed E-state index contributed by atoms with van der Waals surface area (Å²) in [5.41, 5.74) is 4.24. The van der Waals surface area contributed by atoms with Gasteiger partial charge in [-0.15, -0.1) is 0 Å². The van der Waals surface area contributed by atoms with Crippen LogP contribution in [0.5, 0.6) is 0 Å². The number of amides is 2. The van der Waals surface area contributed by atoms with E-state index < -0.39 is 0 Å². The fourth-order valence-corrected chi connectivity index (χ4v) is 5.64. The first-order valence-corrected chi connectivity index (χ1v) is 12.6. The number of nitrogens with one attached hydrogen (secondary N) is 2. The number of fused-ring (bicyclic) bond motifs is 1. The van der Waals surface area contributed by atoms with Gasteiger partial charge in [-0.1, -0.05) is 30.3 Å². The van der Waals surface area contributed by atoms with Gasteiger partial charge < -0.3 is 10.2 Å². The standard InChI is InChI=1S/C26H35N5O2/c32-24(27-21-13-14-30(18-21)17-20-5-2-1-3-6-20)10-9-19-11-15-31(16-12-19)26(33)25-22-7-4-8-23(22)28-29-25/h1-3,5-6,19,21H,4,7-18H2,(H,27,32)(H,28,29)/t21-/m0/s1. The largest absolute Gasteiger partial charge is 0.352 e. The van der Waals surface area contributed by atoms with Crippen molar-refractivity contribution in [2.45, 2.75) is 64.0 Å². The van der Waals surface area contributed by atoms with E-state index in [0.29, 0.717) is 18.0 Å². The molecular formula is C26H35N5O2. The quantitative estimate of drug-likeness (QED) is 0.681. The Hall–Kier alpha value is -2.67. The van der Waals surface area contributed by atoms with Gasteiger partial charge in [-0.3, -0.25) is 19.6 Å². The average Bonchev–Trinajstić information content (AvgIpc) is 3.56. The number of rotatable bonds is 7. The molecule has 7 nitrogen and oxygen atoms in total. The lowest BCUT2D eigenvalue weighted by Crippen LogP contribution is -2.40. The van der Waals surface area contributed by atoms with Gasteiger partial charge >= 0.3 is 0 Å². The summed E-state index contributed by atoms with van der Waals surface area (Å²) >= 11 is 0. The number of H-pyrrole nitrogens is 1. The van der Waals surface area contributed by atoms with Gasteiger partial charge in [0.05, 0.1) is 0 Å². The summed E-state index contributed by atoms with van der Waals surface area (Å²) in [4.78, 5) is 29.8. The van der Waals surface area contributed by atoms with Gasteiger partial charge in [0.2, 0.25) is 5.91 Å². The molecule has 1 aromatic carbocycles. The maximum atomic E-state index is 12.9. The maximum Gasteiger partial charge on any atom is 0.274 e. The molecule has 1 aromatic heterocycles. The summed E-state index contributed by atoms with van der Waals surface area (Å²) in [6.45, 7) is 4.45. The number of aryl methyl sites for hydroxylation is 1. The van der Waals surface area contributed by atoms with Gasteiger partial charge in [0.1, 0.15) is 0 Å². The van der Waals surface area contributed by atoms with Crippen LogP contribution in [-0.4, -0.2) is 64.0 Å². The number of likely N-dealkylation sites (tertiary alicyclic amines) is 2. The molecule has 2 aliphatic heterocycles. The second kappa shape index (κ2) is 10.1. The first-order chi connectivity index (χ1) is 16.2. The molecule has 5 rings (SSSR count). The molecule has 33 heavy (non-hydrogen) atoms. The number of benzene rings is 1. The van der Waals surface area contributed by atoms with Crippen LogP contribution < -0.4 is 5.32 Å². The minimum Gasteiger partial charge on any atom is -0.352 e. The molecule has 1 aliphatic carbocycles. The molecule has 0 bridgehead atoms. The van der Waals surface area contributed by atoms with Crippen molar-refractivity contribution >= 4 is 11.8 Å². The maximum absolute atomic E-state index is 12.9. The summed E-state index contributed by atoms with van der Waals surface area (Å²) in [7, 11) is 0. The van der Waals surface area contributed by atoms with E-state index in [0.717, 1.165) is 88.9 Å². The summed E-state index contributed by atoms with van der Waals surface area (Å²) in [5, 5.41) is 10.6. The van der Waals surface area contributed by atoms with Crippen LogP contribution in [0, 0.1) is 5.92 Å². The number of carbonyl (C=O) groups excluding carboxylic acids is 2. The average molecular weight is 450 g/mol. The number of nitrogens with zero attached hydrogens (tertiary/aromatic N) is 3. The number of hydrogen-bond acceptors (Lipinski definition) is 4. The Kier molecular flexibility index (Phi) is 6.76. The highest BCUT2D eigenvalue weighted by molar-refractivity contribution is 5.94. The molecule has 1 atom stereocenters. The second-order valence-corrected chi connectivity index (χ2v) is 9.93. The molecule has 2 N–H and O–H groups in total. The van der Waals surface area contributed by atoms with E-state index in [4.69, 9.17) is 0 Å². The number of piperidine rings is 1. The predicted molar refractivity (Wildman–Crippen MR) is 127 cm³/mol. The zero-order valence-electron chi connectivity index (χ0n) is 19.4. The Bertz CT molecular complexity index is 964. The highest BCUT2D eigenvalue weighted by Gasteiger charge is 2.30. The smallest absolute Gasteiger partial charge is 0.274 e. The molecular weight excluding hydrogens is 414 g/mol. The molecule has 2 amide bonds. The lowest BCUT2D eigenvalue weighted by Gasteiger charge is -2.31. The van der Waals surface area contributed by atoms with Gasteiger partial charge in [-0.05, 0) is 56.4 Å². The van der Waals surface area contributed by atoms with Gasteiger partial charge in [0.15, 0.2) is 5.69 Å². The Morgan fingerprint density at radius 1 is 1.06 bits per heavy atom. The number of aromatic nitrogens is 2. The molecule has 0 spiro atoms. The van der Waals surface area contributed by atoms with Crippen molar-refractivity contribution in [3.63, 3.8) is 0 Å². The van der Waals surface area contributed by atoms with Crippen molar-refractivity contribution in [3.05, 3.63) is 52.8 Å². The van der Waals surface area contributed by atoms with Crippen LogP contribution >= 0.6 is 0 Å². The summed E-state index contributed by atoms with van der Waals surface area (Å²) < 4.78 is 0. The summed E-state index contributed by atoms with van der Waals surface area (Å²) in [5.74, 6) is 0.766. The fourth-order valence-electron chi connectivity index (χ4n) is 5.64. The Labute approximate surface area is 195 Å². The zero-order valence-corrected chi connectivity index (χ0v) is 19.4. The van der Waals surface area contributed by atoms with E-state index in [1.165, 1.54) is 5.56 Å². The van der Waals surface area contributed by atoms with Crippen molar-refractivity contribution in [1.82, 2.24) is 25.3 Å². The number of aromatic amines is 1. The summed E-state index contributed by atoms with van der Waals surface area (Å²) in [6, 6.07) is 10.8. The fraction of sp³-hybridized carbons (Fsp3) is 0.577. The number of carbonyl (C=O) groups is 2. The minimum atomic E-state index is 0.0758. The van der Waals surface area contributed by atoms with Crippen molar-refractivity contribution in [3.8, 4) is 0 Å². The monoisotopic (exact) mass is 449 g/mol. The lowest BCUT2D eigenvalue weighted by molar-refractivity contribution is -0.122. The van der Waals surface area contributed by atoms with Gasteiger partial charge in [0, 0.05) is 56.4 Å². The molecule has 0 unspecified atom stereocenters. The van der Waals surface area contributed by atoms with Crippen LogP contribution in [0.2, 0.25) is 0 Å². The van der Waals surface area contributed by atoms with Gasteiger partial charge in [-0.25, -0.2) is 0 Å². The Morgan fingerprint density at radius 2 is 1.88 bits per heavy atom. The van der Waals surface area contributed by atoms with E-state index in [2.05, 4.69) is 44.7 Å². The van der Waals surface area contributed by atoms with Gasteiger partial charge in [-0.2, -0.15) is 5.10 Å². The normalized spacial score (nSPS) is 21.3. The molecule has 0 saturated carbocycles.